The van der Waals surface area contributed by atoms with E-state index in [2.05, 4.69) is 52.1 Å². The van der Waals surface area contributed by atoms with E-state index in [9.17, 15) is 35.5 Å². The van der Waals surface area contributed by atoms with E-state index >= 15 is 0 Å². The zero-order chi connectivity index (χ0) is 45.4. The number of piperidine rings is 1. The van der Waals surface area contributed by atoms with Gasteiger partial charge in [-0.2, -0.15) is 0 Å². The summed E-state index contributed by atoms with van der Waals surface area (Å²) in [4.78, 5) is 28.0. The van der Waals surface area contributed by atoms with Crippen LogP contribution in [0.1, 0.15) is 58.6 Å². The number of amides is 1. The highest BCUT2D eigenvalue weighted by molar-refractivity contribution is 6.30. The first kappa shape index (κ1) is 45.4. The Morgan fingerprint density at radius 1 is 0.812 bits per heavy atom. The monoisotopic (exact) mass is 907 g/mol. The Balaban J connectivity index is 0.000000211. The molecule has 0 unspecified atom stereocenters. The Morgan fingerprint density at radius 3 is 2.09 bits per heavy atom. The molecule has 0 aliphatic carbocycles. The number of benzene rings is 4. The van der Waals surface area contributed by atoms with Gasteiger partial charge in [-0.25, -0.2) is 19.3 Å². The largest absolute Gasteiger partial charge is 0.573 e. The van der Waals surface area contributed by atoms with Gasteiger partial charge in [0.15, 0.2) is 0 Å². The van der Waals surface area contributed by atoms with Gasteiger partial charge in [-0.05, 0) is 109 Å². The molecule has 0 spiro atoms. The van der Waals surface area contributed by atoms with Gasteiger partial charge in [0.25, 0.3) is 5.91 Å². The molecule has 4 heterocycles. The molecule has 1 saturated heterocycles. The average molecular weight is 908 g/mol. The molecule has 18 heteroatoms. The minimum Gasteiger partial charge on any atom is -0.406 e. The Hall–Kier alpha value is -6.62. The number of hydrogen-bond donors (Lipinski definition) is 2. The molecule has 0 saturated carbocycles. The van der Waals surface area contributed by atoms with E-state index in [4.69, 9.17) is 11.6 Å². The lowest BCUT2D eigenvalue weighted by atomic mass is 9.89. The maximum atomic E-state index is 13.2. The third-order valence-corrected chi connectivity index (χ3v) is 10.7. The van der Waals surface area contributed by atoms with Crippen LogP contribution in [-0.4, -0.2) is 57.6 Å². The van der Waals surface area contributed by atoms with Crippen LogP contribution in [-0.2, 0) is 19.4 Å². The highest BCUT2D eigenvalue weighted by atomic mass is 35.5. The van der Waals surface area contributed by atoms with Crippen molar-refractivity contribution in [3.8, 4) is 11.5 Å². The normalized spacial score (nSPS) is 13.4. The fourth-order valence-corrected chi connectivity index (χ4v) is 7.57. The van der Waals surface area contributed by atoms with Gasteiger partial charge in [0, 0.05) is 49.5 Å². The van der Waals surface area contributed by atoms with Gasteiger partial charge in [0.1, 0.15) is 40.8 Å². The molecule has 0 bridgehead atoms. The van der Waals surface area contributed by atoms with Crippen LogP contribution < -0.4 is 25.0 Å². The standard InChI is InChI=1S/C29H28ClF3N4O2.C17H13F4N3O/c1-2-25-27(37-18-22(30)7-12-26(37)35-25)28(38)34-17-19-3-8-23(9-4-19)36-15-13-21(14-16-36)20-5-10-24(11-6-20)39-29(31,32)33;18-12-3-6-14-15(9-12)23-10-24-16(14)22-8-7-11-1-4-13(5-2-11)25-17(19,20)21/h3-12,18,21H,2,13-17H2,1H3,(H,34,38);1-6,9-10H,7-8H2,(H,22,23,24). The van der Waals surface area contributed by atoms with Crippen LogP contribution in [0.3, 0.4) is 0 Å². The van der Waals surface area contributed by atoms with Crippen molar-refractivity contribution in [2.45, 2.75) is 57.8 Å². The van der Waals surface area contributed by atoms with Gasteiger partial charge >= 0.3 is 12.7 Å². The lowest BCUT2D eigenvalue weighted by Gasteiger charge is -2.34. The number of nitrogens with one attached hydrogen (secondary N) is 2. The number of nitrogens with zero attached hydrogens (tertiary/aromatic N) is 5. The van der Waals surface area contributed by atoms with Gasteiger partial charge in [-0.3, -0.25) is 9.20 Å². The second-order valence-corrected chi connectivity index (χ2v) is 15.3. The molecule has 1 amide bonds. The number of carbonyl (C=O) groups is 1. The van der Waals surface area contributed by atoms with E-state index in [0.29, 0.717) is 59.0 Å². The number of imidazole rings is 1. The Bertz CT molecular complexity index is 2670. The van der Waals surface area contributed by atoms with Gasteiger partial charge in [-0.1, -0.05) is 54.9 Å². The Morgan fingerprint density at radius 2 is 1.45 bits per heavy atom. The summed E-state index contributed by atoms with van der Waals surface area (Å²) in [7, 11) is 0. The highest BCUT2D eigenvalue weighted by Crippen LogP contribution is 2.33. The Labute approximate surface area is 368 Å². The van der Waals surface area contributed by atoms with Crippen molar-refractivity contribution in [3.63, 3.8) is 0 Å². The average Bonchev–Trinajstić information content (AvgIpc) is 3.64. The van der Waals surface area contributed by atoms with Crippen molar-refractivity contribution in [1.82, 2.24) is 24.7 Å². The quantitative estimate of drug-likeness (QED) is 0.117. The second-order valence-electron chi connectivity index (χ2n) is 14.8. The van der Waals surface area contributed by atoms with Crippen molar-refractivity contribution < 1.29 is 45.0 Å². The number of pyridine rings is 1. The summed E-state index contributed by atoms with van der Waals surface area (Å²) in [5, 5.41) is 7.35. The summed E-state index contributed by atoms with van der Waals surface area (Å²) in [6, 6.07) is 27.8. The molecule has 2 N–H and O–H groups in total. The molecular weight excluding hydrogens is 867 g/mol. The molecule has 64 heavy (non-hydrogen) atoms. The van der Waals surface area contributed by atoms with E-state index < -0.39 is 12.7 Å². The number of halogens is 8. The zero-order valence-corrected chi connectivity index (χ0v) is 34.9. The number of hydrogen-bond acceptors (Lipinski definition) is 8. The summed E-state index contributed by atoms with van der Waals surface area (Å²) in [6.07, 6.45) is -3.33. The fourth-order valence-electron chi connectivity index (χ4n) is 7.41. The summed E-state index contributed by atoms with van der Waals surface area (Å²) >= 11 is 6.14. The molecular formula is C46H41ClF7N7O3. The van der Waals surface area contributed by atoms with E-state index in [1.807, 2.05) is 19.1 Å². The number of aromatic nitrogens is 4. The smallest absolute Gasteiger partial charge is 0.406 e. The third kappa shape index (κ3) is 12.1. The lowest BCUT2D eigenvalue weighted by Crippen LogP contribution is -2.32. The number of ether oxygens (including phenoxy) is 2. The molecule has 0 radical (unpaired) electrons. The fraction of sp³-hybridized carbons (Fsp3) is 0.261. The molecule has 1 aliphatic rings. The number of alkyl halides is 6. The third-order valence-electron chi connectivity index (χ3n) is 10.5. The van der Waals surface area contributed by atoms with Crippen molar-refractivity contribution in [2.24, 2.45) is 0 Å². The van der Waals surface area contributed by atoms with Gasteiger partial charge < -0.3 is 25.0 Å². The molecule has 0 atom stereocenters. The van der Waals surface area contributed by atoms with Crippen LogP contribution in [0, 0.1) is 5.82 Å². The van der Waals surface area contributed by atoms with Crippen molar-refractivity contribution in [1.29, 1.82) is 0 Å². The molecule has 1 fully saturated rings. The van der Waals surface area contributed by atoms with E-state index in [0.717, 1.165) is 54.0 Å². The number of rotatable bonds is 12. The van der Waals surface area contributed by atoms with E-state index in [1.165, 1.54) is 42.7 Å². The van der Waals surface area contributed by atoms with Crippen LogP contribution in [0.15, 0.2) is 116 Å². The molecule has 334 valence electrons. The van der Waals surface area contributed by atoms with Crippen LogP contribution in [0.25, 0.3) is 16.6 Å². The summed E-state index contributed by atoms with van der Waals surface area (Å²) < 4.78 is 96.3. The van der Waals surface area contributed by atoms with Gasteiger partial charge in [0.2, 0.25) is 0 Å². The molecule has 3 aromatic heterocycles. The predicted octanol–water partition coefficient (Wildman–Crippen LogP) is 11.1. The zero-order valence-electron chi connectivity index (χ0n) is 34.2. The summed E-state index contributed by atoms with van der Waals surface area (Å²) in [5.74, 6) is -0.175. The van der Waals surface area contributed by atoms with Crippen LogP contribution in [0.5, 0.6) is 11.5 Å². The first-order chi connectivity index (χ1) is 30.6. The van der Waals surface area contributed by atoms with Crippen molar-refractivity contribution in [2.75, 3.05) is 29.9 Å². The van der Waals surface area contributed by atoms with E-state index in [-0.39, 0.29) is 29.1 Å². The minimum absolute atomic E-state index is 0.200. The highest BCUT2D eigenvalue weighted by Gasteiger charge is 2.32. The predicted molar refractivity (Wildman–Crippen MR) is 229 cm³/mol. The number of aryl methyl sites for hydroxylation is 1. The maximum Gasteiger partial charge on any atom is 0.573 e. The maximum absolute atomic E-state index is 13.2. The van der Waals surface area contributed by atoms with Crippen LogP contribution in [0.2, 0.25) is 5.02 Å². The van der Waals surface area contributed by atoms with E-state index in [1.54, 1.807) is 53.1 Å². The SMILES string of the molecule is CCc1nc2ccc(Cl)cn2c1C(=O)NCc1ccc(N2CCC(c3ccc(OC(F)(F)F)cc3)CC2)cc1.Fc1ccc2c(NCCc3ccc(OC(F)(F)F)cc3)ncnc2c1. The van der Waals surface area contributed by atoms with Gasteiger partial charge in [0.05, 0.1) is 16.2 Å². The molecule has 1 aliphatic heterocycles. The van der Waals surface area contributed by atoms with Gasteiger partial charge in [-0.15, -0.1) is 26.3 Å². The first-order valence-electron chi connectivity index (χ1n) is 20.2. The lowest BCUT2D eigenvalue weighted by molar-refractivity contribution is -0.275. The molecule has 4 aromatic carbocycles. The Kier molecular flexibility index (Phi) is 14.1. The molecule has 10 nitrogen and oxygen atoms in total. The van der Waals surface area contributed by atoms with Crippen LogP contribution >= 0.6 is 11.6 Å². The molecule has 7 aromatic rings. The van der Waals surface area contributed by atoms with Crippen molar-refractivity contribution >= 4 is 45.6 Å². The minimum atomic E-state index is -4.70. The van der Waals surface area contributed by atoms with Crippen LogP contribution in [0.4, 0.5) is 42.2 Å². The summed E-state index contributed by atoms with van der Waals surface area (Å²) in [6.45, 7) is 4.54. The number of anilines is 2. The number of carbonyl (C=O) groups excluding carboxylic acids is 1. The summed E-state index contributed by atoms with van der Waals surface area (Å²) in [5.41, 5.74) is 6.33. The second kappa shape index (κ2) is 19.8. The topological polar surface area (TPSA) is 106 Å². The molecule has 8 rings (SSSR count). The number of fused-ring (bicyclic) bond motifs is 2. The van der Waals surface area contributed by atoms with Crippen molar-refractivity contribution in [3.05, 3.63) is 155 Å². The first-order valence-corrected chi connectivity index (χ1v) is 20.6.